The van der Waals surface area contributed by atoms with Crippen LogP contribution in [0.15, 0.2) is 18.2 Å². The van der Waals surface area contributed by atoms with E-state index in [1.807, 2.05) is 0 Å². The van der Waals surface area contributed by atoms with E-state index in [-0.39, 0.29) is 12.3 Å². The van der Waals surface area contributed by atoms with E-state index in [1.54, 1.807) is 39.2 Å². The average Bonchev–Trinajstić information content (AvgIpc) is 2.46. The van der Waals surface area contributed by atoms with E-state index in [1.165, 1.54) is 7.11 Å². The number of rotatable bonds is 8. The molecule has 0 saturated carbocycles. The van der Waals surface area contributed by atoms with Crippen LogP contribution in [0.1, 0.15) is 25.8 Å². The van der Waals surface area contributed by atoms with Crippen molar-refractivity contribution >= 4 is 11.9 Å². The highest BCUT2D eigenvalue weighted by atomic mass is 16.5. The Bertz CT molecular complexity index is 539. The number of benzene rings is 1. The average molecular weight is 309 g/mol. The summed E-state index contributed by atoms with van der Waals surface area (Å²) >= 11 is 0. The molecule has 6 nitrogen and oxygen atoms in total. The van der Waals surface area contributed by atoms with E-state index in [4.69, 9.17) is 14.6 Å². The molecule has 122 valence electrons. The fourth-order valence-corrected chi connectivity index (χ4v) is 1.86. The van der Waals surface area contributed by atoms with Crippen molar-refractivity contribution in [3.63, 3.8) is 0 Å². The third-order valence-corrected chi connectivity index (χ3v) is 3.46. The third kappa shape index (κ3) is 4.95. The number of amides is 1. The van der Waals surface area contributed by atoms with Gasteiger partial charge in [-0.1, -0.05) is 6.07 Å². The maximum absolute atomic E-state index is 11.9. The minimum atomic E-state index is -0.873. The summed E-state index contributed by atoms with van der Waals surface area (Å²) in [6.45, 7) is 3.59. The van der Waals surface area contributed by atoms with Gasteiger partial charge >= 0.3 is 5.97 Å². The smallest absolute Gasteiger partial charge is 0.309 e. The van der Waals surface area contributed by atoms with Crippen LogP contribution in [0.2, 0.25) is 0 Å². The topological polar surface area (TPSA) is 84.9 Å². The molecule has 1 rings (SSSR count). The molecule has 0 radical (unpaired) electrons. The second-order valence-corrected chi connectivity index (χ2v) is 5.66. The van der Waals surface area contributed by atoms with Crippen LogP contribution in [0.3, 0.4) is 0 Å². The molecule has 0 aliphatic heterocycles. The molecule has 22 heavy (non-hydrogen) atoms. The van der Waals surface area contributed by atoms with Gasteiger partial charge in [0.2, 0.25) is 5.91 Å². The summed E-state index contributed by atoms with van der Waals surface area (Å²) in [5.74, 6) is 0.143. The normalized spacial score (nSPS) is 10.9. The molecule has 0 atom stereocenters. The van der Waals surface area contributed by atoms with Crippen molar-refractivity contribution in [2.75, 3.05) is 20.8 Å². The lowest BCUT2D eigenvalue weighted by atomic mass is 9.90. The van der Waals surface area contributed by atoms with Crippen LogP contribution < -0.4 is 14.8 Å². The van der Waals surface area contributed by atoms with Gasteiger partial charge in [0.15, 0.2) is 11.5 Å². The molecule has 0 aromatic heterocycles. The van der Waals surface area contributed by atoms with Crippen LogP contribution in [-0.2, 0) is 16.0 Å². The van der Waals surface area contributed by atoms with Gasteiger partial charge in [0.1, 0.15) is 0 Å². The van der Waals surface area contributed by atoms with Gasteiger partial charge in [0.25, 0.3) is 0 Å². The van der Waals surface area contributed by atoms with E-state index < -0.39 is 11.4 Å². The Labute approximate surface area is 130 Å². The molecule has 0 aliphatic carbocycles. The summed E-state index contributed by atoms with van der Waals surface area (Å²) in [5, 5.41) is 11.7. The Hall–Kier alpha value is -2.24. The Morgan fingerprint density at radius 2 is 1.82 bits per heavy atom. The van der Waals surface area contributed by atoms with Crippen LogP contribution >= 0.6 is 0 Å². The first-order valence-corrected chi connectivity index (χ1v) is 7.01. The minimum Gasteiger partial charge on any atom is -0.493 e. The largest absolute Gasteiger partial charge is 0.493 e. The predicted molar refractivity (Wildman–Crippen MR) is 82.3 cm³/mol. The van der Waals surface area contributed by atoms with Gasteiger partial charge in [0.05, 0.1) is 26.1 Å². The number of nitrogens with one attached hydrogen (secondary N) is 1. The quantitative estimate of drug-likeness (QED) is 0.765. The molecular formula is C16H23NO5. The molecule has 0 aliphatic rings. The lowest BCUT2D eigenvalue weighted by Gasteiger charge is -2.18. The molecule has 1 aromatic rings. The van der Waals surface area contributed by atoms with Gasteiger partial charge in [-0.05, 0) is 38.0 Å². The first kappa shape index (κ1) is 17.8. The van der Waals surface area contributed by atoms with Crippen molar-refractivity contribution < 1.29 is 24.2 Å². The van der Waals surface area contributed by atoms with Crippen molar-refractivity contribution in [2.45, 2.75) is 26.7 Å². The second-order valence-electron chi connectivity index (χ2n) is 5.66. The zero-order valence-electron chi connectivity index (χ0n) is 13.4. The van der Waals surface area contributed by atoms with E-state index in [2.05, 4.69) is 5.32 Å². The summed E-state index contributed by atoms with van der Waals surface area (Å²) in [5.41, 5.74) is -0.0518. The monoisotopic (exact) mass is 309 g/mol. The number of carboxylic acids is 1. The van der Waals surface area contributed by atoms with Crippen LogP contribution in [0.25, 0.3) is 0 Å². The lowest BCUT2D eigenvalue weighted by Crippen LogP contribution is -2.32. The molecule has 0 saturated heterocycles. The van der Waals surface area contributed by atoms with Crippen molar-refractivity contribution in [3.8, 4) is 11.5 Å². The summed E-state index contributed by atoms with van der Waals surface area (Å²) in [6.07, 6.45) is 0.577. The second kappa shape index (κ2) is 7.68. The zero-order valence-corrected chi connectivity index (χ0v) is 13.4. The Morgan fingerprint density at radius 1 is 1.18 bits per heavy atom. The van der Waals surface area contributed by atoms with E-state index >= 15 is 0 Å². The molecule has 1 amide bonds. The number of ether oxygens (including phenoxy) is 2. The maximum atomic E-state index is 11.9. The van der Waals surface area contributed by atoms with Crippen molar-refractivity contribution in [1.29, 1.82) is 0 Å². The van der Waals surface area contributed by atoms with E-state index in [0.717, 1.165) is 5.56 Å². The SMILES string of the molecule is COc1ccc(CC(=O)NCCC(C)(C)C(=O)O)cc1OC. The van der Waals surface area contributed by atoms with Crippen molar-refractivity contribution in [3.05, 3.63) is 23.8 Å². The summed E-state index contributed by atoms with van der Waals surface area (Å²) < 4.78 is 10.3. The fourth-order valence-electron chi connectivity index (χ4n) is 1.86. The Kier molecular flexibility index (Phi) is 6.22. The zero-order chi connectivity index (χ0) is 16.8. The highest BCUT2D eigenvalue weighted by Gasteiger charge is 2.26. The molecular weight excluding hydrogens is 286 g/mol. The first-order valence-electron chi connectivity index (χ1n) is 7.01. The standard InChI is InChI=1S/C16H23NO5/c1-16(2,15(19)20)7-8-17-14(18)10-11-5-6-12(21-3)13(9-11)22-4/h5-6,9H,7-8,10H2,1-4H3,(H,17,18)(H,19,20). The number of aliphatic carboxylic acids is 1. The number of methoxy groups -OCH3 is 2. The molecule has 2 N–H and O–H groups in total. The lowest BCUT2D eigenvalue weighted by molar-refractivity contribution is -0.147. The number of carbonyl (C=O) groups excluding carboxylic acids is 1. The molecule has 0 fully saturated rings. The fraction of sp³-hybridized carbons (Fsp3) is 0.500. The Morgan fingerprint density at radius 3 is 2.36 bits per heavy atom. The molecule has 0 bridgehead atoms. The van der Waals surface area contributed by atoms with Crippen LogP contribution in [0.5, 0.6) is 11.5 Å². The highest BCUT2D eigenvalue weighted by molar-refractivity contribution is 5.79. The minimum absolute atomic E-state index is 0.159. The van der Waals surface area contributed by atoms with Gasteiger partial charge < -0.3 is 19.9 Å². The van der Waals surface area contributed by atoms with Gasteiger partial charge in [-0.25, -0.2) is 0 Å². The number of hydrogen-bond acceptors (Lipinski definition) is 4. The highest BCUT2D eigenvalue weighted by Crippen LogP contribution is 2.27. The van der Waals surface area contributed by atoms with E-state index in [0.29, 0.717) is 24.5 Å². The van der Waals surface area contributed by atoms with Crippen LogP contribution in [-0.4, -0.2) is 37.7 Å². The van der Waals surface area contributed by atoms with Gasteiger partial charge in [-0.15, -0.1) is 0 Å². The maximum Gasteiger partial charge on any atom is 0.309 e. The predicted octanol–water partition coefficient (Wildman–Crippen LogP) is 1.86. The number of carboxylic acid groups (broad SMARTS) is 1. The molecule has 0 heterocycles. The molecule has 0 spiro atoms. The molecule has 6 heteroatoms. The van der Waals surface area contributed by atoms with E-state index in [9.17, 15) is 9.59 Å². The first-order chi connectivity index (χ1) is 10.3. The van der Waals surface area contributed by atoms with Crippen LogP contribution in [0, 0.1) is 5.41 Å². The van der Waals surface area contributed by atoms with Gasteiger partial charge in [0, 0.05) is 6.54 Å². The third-order valence-electron chi connectivity index (χ3n) is 3.46. The van der Waals surface area contributed by atoms with Crippen molar-refractivity contribution in [1.82, 2.24) is 5.32 Å². The Balaban J connectivity index is 2.54. The van der Waals surface area contributed by atoms with Crippen LogP contribution in [0.4, 0.5) is 0 Å². The summed E-state index contributed by atoms with van der Waals surface area (Å²) in [7, 11) is 3.09. The van der Waals surface area contributed by atoms with Gasteiger partial charge in [-0.3, -0.25) is 9.59 Å². The number of hydrogen-bond donors (Lipinski definition) is 2. The van der Waals surface area contributed by atoms with Gasteiger partial charge in [-0.2, -0.15) is 0 Å². The molecule has 1 aromatic carbocycles. The molecule has 0 unspecified atom stereocenters. The summed E-state index contributed by atoms with van der Waals surface area (Å²) in [4.78, 5) is 22.9. The van der Waals surface area contributed by atoms with Crippen molar-refractivity contribution in [2.24, 2.45) is 5.41 Å². The number of carbonyl (C=O) groups is 2. The summed E-state index contributed by atoms with van der Waals surface area (Å²) in [6, 6.07) is 5.29.